The Kier molecular flexibility index (Phi) is 22.8. The van der Waals surface area contributed by atoms with E-state index < -0.39 is 129 Å². The third-order valence-corrected chi connectivity index (χ3v) is 20.5. The third kappa shape index (κ3) is 14.6. The summed E-state index contributed by atoms with van der Waals surface area (Å²) in [6.45, 7) is 17.2. The number of cyclic esters (lactones) is 1. The number of morpholine rings is 1. The van der Waals surface area contributed by atoms with Crippen LogP contribution < -0.4 is 14.8 Å². The molecule has 0 unspecified atom stereocenters. The number of urea groups is 1. The van der Waals surface area contributed by atoms with Crippen LogP contribution in [0.3, 0.4) is 0 Å². The maximum absolute atomic E-state index is 15.3. The molecule has 1 aromatic heterocycles. The first-order valence-corrected chi connectivity index (χ1v) is 31.0. The van der Waals surface area contributed by atoms with Crippen molar-refractivity contribution in [1.82, 2.24) is 14.8 Å². The maximum atomic E-state index is 15.3. The molecule has 5 aliphatic rings. The second-order valence-corrected chi connectivity index (χ2v) is 26.2. The molecule has 0 aliphatic carbocycles. The number of ether oxygens (including phenoxy) is 11. The normalized spacial score (nSPS) is 37.4. The summed E-state index contributed by atoms with van der Waals surface area (Å²) in [4.78, 5) is 79.1. The predicted molar refractivity (Wildman–Crippen MR) is 315 cm³/mol. The Morgan fingerprint density at radius 3 is 2.20 bits per heavy atom. The number of amides is 3. The highest BCUT2D eigenvalue weighted by Gasteiger charge is 2.62. The first-order chi connectivity index (χ1) is 39.1. The minimum Gasteiger partial charge on any atom is -0.493 e. The monoisotopic (exact) mass is 1340 g/mol. The molecular weight excluding hydrogens is 1260 g/mol. The van der Waals surface area contributed by atoms with Crippen LogP contribution in [0.2, 0.25) is 10.0 Å². The highest BCUT2D eigenvalue weighted by molar-refractivity contribution is 14.1. The smallest absolute Gasteiger partial charge is 0.320 e. The number of hydrogen-bond donors (Lipinski definition) is 3. The van der Waals surface area contributed by atoms with Gasteiger partial charge < -0.3 is 77.4 Å². The number of methoxy groups -OCH3 is 3. The molecular formula is C57H81Cl2IN4O18S. The van der Waals surface area contributed by atoms with Gasteiger partial charge in [-0.1, -0.05) is 44.0 Å². The van der Waals surface area contributed by atoms with Gasteiger partial charge in [-0.05, 0) is 95.2 Å². The van der Waals surface area contributed by atoms with E-state index in [4.69, 9.17) is 75.3 Å². The number of nitrogens with zero attached hydrogens (tertiary/aromatic N) is 3. The number of fused-ring (bicyclic) bond motifs is 1. The summed E-state index contributed by atoms with van der Waals surface area (Å²) in [5.74, 6) is -5.92. The van der Waals surface area contributed by atoms with Gasteiger partial charge >= 0.3 is 18.0 Å². The number of hydrogen-bond acceptors (Lipinski definition) is 20. The number of Topliss-reactive ketones (excluding diaryl/α,β-unsaturated/α-hetero) is 1. The zero-order valence-electron chi connectivity index (χ0n) is 49.3. The number of aliphatic hydroxyl groups excluding tert-OH is 2. The first-order valence-electron chi connectivity index (χ1n) is 27.9. The molecule has 26 heteroatoms. The number of aliphatic hydroxyl groups is 2. The number of halogens is 3. The number of nitrogens with one attached hydrogen (secondary N) is 1. The number of rotatable bonds is 15. The van der Waals surface area contributed by atoms with Gasteiger partial charge in [-0.25, -0.2) is 4.79 Å². The first kappa shape index (κ1) is 67.1. The van der Waals surface area contributed by atoms with E-state index in [2.05, 4.69) is 10.3 Å². The minimum atomic E-state index is -1.55. The van der Waals surface area contributed by atoms with Crippen molar-refractivity contribution >= 4 is 92.9 Å². The lowest BCUT2D eigenvalue weighted by Gasteiger charge is -2.50. The zero-order valence-corrected chi connectivity index (χ0v) is 53.8. The molecule has 0 radical (unpaired) electrons. The summed E-state index contributed by atoms with van der Waals surface area (Å²) in [5.41, 5.74) is -3.70. The number of ketones is 1. The van der Waals surface area contributed by atoms with Gasteiger partial charge in [-0.15, -0.1) is 11.8 Å². The van der Waals surface area contributed by atoms with E-state index in [9.17, 15) is 24.6 Å². The number of benzene rings is 1. The molecule has 7 rings (SSSR count). The van der Waals surface area contributed by atoms with E-state index >= 15 is 9.59 Å². The Morgan fingerprint density at radius 2 is 1.57 bits per heavy atom. The molecule has 3 N–H and O–H groups in total. The number of carbonyl (C=O) groups is 5. The largest absolute Gasteiger partial charge is 0.493 e. The summed E-state index contributed by atoms with van der Waals surface area (Å²) in [5, 5.41) is 25.6. The van der Waals surface area contributed by atoms with Gasteiger partial charge in [0.05, 0.1) is 90.2 Å². The van der Waals surface area contributed by atoms with Crippen LogP contribution in [0.15, 0.2) is 30.6 Å². The molecule has 1 aromatic carbocycles. The van der Waals surface area contributed by atoms with Crippen molar-refractivity contribution in [3.63, 3.8) is 0 Å². The van der Waals surface area contributed by atoms with Crippen LogP contribution in [-0.2, 0) is 57.0 Å². The van der Waals surface area contributed by atoms with Crippen molar-refractivity contribution in [1.29, 1.82) is 0 Å². The summed E-state index contributed by atoms with van der Waals surface area (Å²) < 4.78 is 67.8. The Labute approximate surface area is 513 Å². The molecule has 464 valence electrons. The van der Waals surface area contributed by atoms with Crippen LogP contribution in [0.5, 0.6) is 11.5 Å². The Balaban J connectivity index is 1.20. The highest BCUT2D eigenvalue weighted by Crippen LogP contribution is 2.50. The van der Waals surface area contributed by atoms with E-state index in [1.165, 1.54) is 56.5 Å². The lowest BCUT2D eigenvalue weighted by molar-refractivity contribution is -0.318. The van der Waals surface area contributed by atoms with Gasteiger partial charge in [-0.3, -0.25) is 24.2 Å². The van der Waals surface area contributed by atoms with E-state index in [0.717, 1.165) is 0 Å². The van der Waals surface area contributed by atoms with Gasteiger partial charge in [0.1, 0.15) is 23.2 Å². The minimum absolute atomic E-state index is 0.0126. The average Bonchev–Trinajstić information content (AvgIpc) is 4.04. The summed E-state index contributed by atoms with van der Waals surface area (Å²) in [7, 11) is 6.06. The summed E-state index contributed by atoms with van der Waals surface area (Å²) >= 11 is 15.7. The molecule has 5 aliphatic heterocycles. The summed E-state index contributed by atoms with van der Waals surface area (Å²) in [6.07, 6.45) is -5.32. The fourth-order valence-corrected chi connectivity index (χ4v) is 14.8. The Morgan fingerprint density at radius 1 is 0.904 bits per heavy atom. The van der Waals surface area contributed by atoms with Crippen LogP contribution >= 0.6 is 57.6 Å². The van der Waals surface area contributed by atoms with Crippen molar-refractivity contribution in [3.05, 3.63) is 46.2 Å². The van der Waals surface area contributed by atoms with Gasteiger partial charge in [0.15, 0.2) is 33.8 Å². The topological polar surface area (TPSA) is 259 Å². The Hall–Kier alpha value is -3.38. The lowest BCUT2D eigenvalue weighted by atomic mass is 9.72. The fraction of sp³-hybridized carbons (Fsp3) is 0.719. The van der Waals surface area contributed by atoms with Crippen LogP contribution in [0.4, 0.5) is 10.5 Å². The number of anilines is 1. The van der Waals surface area contributed by atoms with Crippen LogP contribution in [0.1, 0.15) is 91.9 Å². The van der Waals surface area contributed by atoms with E-state index in [1.54, 1.807) is 72.5 Å². The third-order valence-electron chi connectivity index (χ3n) is 17.2. The molecule has 0 saturated carbocycles. The molecule has 0 spiro atoms. The van der Waals surface area contributed by atoms with Crippen molar-refractivity contribution in [3.8, 4) is 11.5 Å². The maximum Gasteiger partial charge on any atom is 0.320 e. The highest BCUT2D eigenvalue weighted by atomic mass is 127. The van der Waals surface area contributed by atoms with Gasteiger partial charge in [0.25, 0.3) is 5.91 Å². The van der Waals surface area contributed by atoms with Gasteiger partial charge in [-0.2, -0.15) is 0 Å². The quantitative estimate of drug-likeness (QED) is 0.0689. The Bertz CT molecular complexity index is 2610. The summed E-state index contributed by atoms with van der Waals surface area (Å²) in [6, 6.07) is 3.58. The van der Waals surface area contributed by atoms with Gasteiger partial charge in [0, 0.05) is 88.2 Å². The van der Waals surface area contributed by atoms with Crippen molar-refractivity contribution < 1.29 is 86.3 Å². The van der Waals surface area contributed by atoms with E-state index in [0.29, 0.717) is 32.1 Å². The number of thioether (sulfide) groups is 1. The molecule has 6 heterocycles. The SMILES string of the molecule is COc1ccc(C(=O)Nc2c(Cl)cncc2Cl)cc1OCCS[C@@H]1C(=O)O[C@@]2(C)[C@H]1[C@@H](C)C(=O)[C@H](C)C[C@@](C)(OC)[C@H](O[C@@H]1O[C@H](C)C[C@H](N(C)C(=O)N3CCOCC3)[C@H]1O)[C@@H](C)[C@H](O[C@H]1C[C@@](C)(OC)[C@@H](O)[C@H](C)O1)[C@@H](C)C(=O)O[C@@H]2I. The predicted octanol–water partition coefficient (Wildman–Crippen LogP) is 7.21. The molecule has 22 nitrogen and oxygen atoms in total. The standard InChI is InChI=1S/C57H81Cl2IN4O18S/c1-28-24-56(8,74-13)48(80-52-44(66)37(22-29(2)77-52)63(10)54(71)64-16-18-75-19-17-64)31(4)45(79-40-25-55(7,73-12)47(67)33(6)78-40)32(5)50(69)81-53(60)57(9)41(30(3)43(28)65)46(51(70)82-57)83-21-20-76-39-23-34(14-15-38(39)72-11)49(68)62-42-35(58)26-61-27-36(42)59/h14-15,23,26-33,37,40-41,44-48,52-53,66-67H,16-22,24-25H2,1-13H3,(H,61,62,68)/t28-,29-,30-,31+,32-,33+,37+,40+,41+,44-,45+,46+,47+,48-,52+,53+,55-,56-,57+/m1/s1. The average molecular weight is 1340 g/mol. The molecule has 0 bridgehead atoms. The molecule has 3 amide bonds. The van der Waals surface area contributed by atoms with Crippen LogP contribution in [-0.4, -0.2) is 203 Å². The van der Waals surface area contributed by atoms with Crippen molar-refractivity contribution in [2.24, 2.45) is 29.6 Å². The molecule has 83 heavy (non-hydrogen) atoms. The zero-order chi connectivity index (χ0) is 61.0. The van der Waals surface area contributed by atoms with Crippen LogP contribution in [0, 0.1) is 29.6 Å². The molecule has 5 saturated heterocycles. The van der Waals surface area contributed by atoms with Crippen LogP contribution in [0.25, 0.3) is 0 Å². The molecule has 2 aromatic rings. The van der Waals surface area contributed by atoms with Crippen molar-refractivity contribution in [2.75, 3.05) is 72.4 Å². The van der Waals surface area contributed by atoms with Crippen molar-refractivity contribution in [2.45, 2.75) is 163 Å². The fourth-order valence-electron chi connectivity index (χ4n) is 12.3. The molecule has 5 fully saturated rings. The lowest BCUT2D eigenvalue weighted by Crippen LogP contribution is -2.62. The molecule has 19 atom stereocenters. The number of aromatic nitrogens is 1. The number of likely N-dealkylation sites (N-methyl/N-ethyl adjacent to an activating group) is 1. The second kappa shape index (κ2) is 28.2. The number of alkyl halides is 1. The second-order valence-electron chi connectivity index (χ2n) is 23.0. The number of esters is 2. The van der Waals surface area contributed by atoms with Gasteiger partial charge in [0.2, 0.25) is 0 Å². The number of pyridine rings is 1. The number of carbonyl (C=O) groups excluding carboxylic acids is 5. The van der Waals surface area contributed by atoms with E-state index in [1.807, 2.05) is 36.4 Å². The van der Waals surface area contributed by atoms with E-state index in [-0.39, 0.29) is 70.5 Å².